The Labute approximate surface area is 113 Å². The number of benzene rings is 1. The first-order valence-electron chi connectivity index (χ1n) is 5.56. The number of aliphatic hydroxyl groups is 1. The van der Waals surface area contributed by atoms with Gasteiger partial charge < -0.3 is 10.2 Å². The molecular formula is C12H11ClN2O4. The summed E-state index contributed by atoms with van der Waals surface area (Å²) >= 11 is 5.75. The van der Waals surface area contributed by atoms with Gasteiger partial charge in [0.15, 0.2) is 5.71 Å². The van der Waals surface area contributed by atoms with Crippen LogP contribution in [0, 0.1) is 5.92 Å². The first kappa shape index (κ1) is 13.5. The molecule has 0 bridgehead atoms. The number of anilines is 1. The molecule has 100 valence electrons. The van der Waals surface area contributed by atoms with Crippen LogP contribution in [0.2, 0.25) is 5.02 Å². The Morgan fingerprint density at radius 3 is 2.53 bits per heavy atom. The van der Waals surface area contributed by atoms with Crippen molar-refractivity contribution in [3.63, 3.8) is 0 Å². The zero-order valence-corrected chi connectivity index (χ0v) is 10.5. The molecule has 1 aromatic rings. The van der Waals surface area contributed by atoms with Crippen LogP contribution in [-0.2, 0) is 9.59 Å². The number of hydrogen-bond donors (Lipinski definition) is 2. The summed E-state index contributed by atoms with van der Waals surface area (Å²) in [6.45, 7) is -0.281. The number of rotatable bonds is 4. The van der Waals surface area contributed by atoms with Crippen LogP contribution >= 0.6 is 11.6 Å². The number of nitrogens with zero attached hydrogens (tertiary/aromatic N) is 2. The predicted octanol–water partition coefficient (Wildman–Crippen LogP) is 1.13. The summed E-state index contributed by atoms with van der Waals surface area (Å²) in [5, 5.41) is 23.3. The maximum absolute atomic E-state index is 12.1. The second kappa shape index (κ2) is 5.38. The number of carbonyl (C=O) groups excluding carboxylic acids is 1. The lowest BCUT2D eigenvalue weighted by Gasteiger charge is -2.13. The van der Waals surface area contributed by atoms with E-state index in [-0.39, 0.29) is 18.7 Å². The first-order chi connectivity index (χ1) is 9.04. The topological polar surface area (TPSA) is 90.2 Å². The number of carboxylic acids is 1. The number of aliphatic hydroxyl groups excluding tert-OH is 1. The summed E-state index contributed by atoms with van der Waals surface area (Å²) < 4.78 is 0. The molecular weight excluding hydrogens is 272 g/mol. The average molecular weight is 283 g/mol. The van der Waals surface area contributed by atoms with E-state index in [2.05, 4.69) is 5.10 Å². The van der Waals surface area contributed by atoms with Gasteiger partial charge in [-0.1, -0.05) is 11.6 Å². The van der Waals surface area contributed by atoms with Crippen molar-refractivity contribution in [1.29, 1.82) is 0 Å². The number of halogens is 1. The molecule has 0 fully saturated rings. The molecule has 19 heavy (non-hydrogen) atoms. The van der Waals surface area contributed by atoms with Crippen molar-refractivity contribution in [2.75, 3.05) is 11.6 Å². The van der Waals surface area contributed by atoms with E-state index in [9.17, 15) is 9.59 Å². The lowest BCUT2D eigenvalue weighted by atomic mass is 10.00. The maximum Gasteiger partial charge on any atom is 0.352 e. The molecule has 0 unspecified atom stereocenters. The summed E-state index contributed by atoms with van der Waals surface area (Å²) in [4.78, 5) is 23.2. The molecule has 2 N–H and O–H groups in total. The number of carbonyl (C=O) groups is 2. The molecule has 1 aliphatic heterocycles. The van der Waals surface area contributed by atoms with Gasteiger partial charge in [-0.05, 0) is 30.7 Å². The van der Waals surface area contributed by atoms with E-state index in [1.54, 1.807) is 24.3 Å². The van der Waals surface area contributed by atoms with Gasteiger partial charge in [0.05, 0.1) is 11.6 Å². The number of amides is 1. The van der Waals surface area contributed by atoms with Crippen molar-refractivity contribution in [2.24, 2.45) is 11.0 Å². The van der Waals surface area contributed by atoms with Crippen LogP contribution in [0.1, 0.15) is 6.42 Å². The molecule has 0 saturated heterocycles. The molecule has 1 amide bonds. The zero-order chi connectivity index (χ0) is 14.0. The fourth-order valence-corrected chi connectivity index (χ4v) is 1.97. The SMILES string of the molecule is O=C(O)C1=NN(c2ccc(Cl)cc2)C(=O)[C@H]1CCO. The second-order valence-corrected chi connectivity index (χ2v) is 4.42. The minimum atomic E-state index is -1.26. The van der Waals surface area contributed by atoms with Crippen LogP contribution in [0.4, 0.5) is 5.69 Å². The highest BCUT2D eigenvalue weighted by atomic mass is 35.5. The summed E-state index contributed by atoms with van der Waals surface area (Å²) in [6, 6.07) is 6.31. The number of hydrazone groups is 1. The Kier molecular flexibility index (Phi) is 3.82. The third kappa shape index (κ3) is 2.59. The summed E-state index contributed by atoms with van der Waals surface area (Å²) in [5.41, 5.74) is 0.183. The molecule has 6 nitrogen and oxygen atoms in total. The van der Waals surface area contributed by atoms with Gasteiger partial charge in [-0.15, -0.1) is 0 Å². The summed E-state index contributed by atoms with van der Waals surface area (Å²) in [6.07, 6.45) is 0.0358. The van der Waals surface area contributed by atoms with Crippen molar-refractivity contribution >= 4 is 34.9 Å². The monoisotopic (exact) mass is 282 g/mol. The van der Waals surface area contributed by atoms with Gasteiger partial charge in [-0.25, -0.2) is 4.79 Å². The Morgan fingerprint density at radius 2 is 2.00 bits per heavy atom. The molecule has 0 radical (unpaired) electrons. The predicted molar refractivity (Wildman–Crippen MR) is 69.2 cm³/mol. The lowest BCUT2D eigenvalue weighted by Crippen LogP contribution is -2.30. The molecule has 7 heteroatoms. The fourth-order valence-electron chi connectivity index (χ4n) is 1.84. The lowest BCUT2D eigenvalue weighted by molar-refractivity contribution is -0.130. The molecule has 0 aromatic heterocycles. The van der Waals surface area contributed by atoms with E-state index < -0.39 is 17.8 Å². The largest absolute Gasteiger partial charge is 0.477 e. The van der Waals surface area contributed by atoms with Crippen molar-refractivity contribution in [1.82, 2.24) is 0 Å². The fraction of sp³-hybridized carbons (Fsp3) is 0.250. The summed E-state index contributed by atoms with van der Waals surface area (Å²) in [5.74, 6) is -2.64. The standard InChI is InChI=1S/C12H11ClN2O4/c13-7-1-3-8(4-2-7)15-11(17)9(5-6-16)10(14-15)12(18)19/h1-4,9,16H,5-6H2,(H,18,19)/t9-/m0/s1. The van der Waals surface area contributed by atoms with Crippen LogP contribution in [0.25, 0.3) is 0 Å². The van der Waals surface area contributed by atoms with Crippen LogP contribution in [0.3, 0.4) is 0 Å². The van der Waals surface area contributed by atoms with E-state index in [1.165, 1.54) is 0 Å². The van der Waals surface area contributed by atoms with E-state index in [1.807, 2.05) is 0 Å². The minimum Gasteiger partial charge on any atom is -0.477 e. The van der Waals surface area contributed by atoms with Gasteiger partial charge in [0.2, 0.25) is 0 Å². The van der Waals surface area contributed by atoms with Gasteiger partial charge in [0, 0.05) is 11.6 Å². The molecule has 0 spiro atoms. The van der Waals surface area contributed by atoms with Crippen LogP contribution in [0.15, 0.2) is 29.4 Å². The maximum atomic E-state index is 12.1. The number of carboxylic acid groups (broad SMARTS) is 1. The Hall–Kier alpha value is -1.92. The van der Waals surface area contributed by atoms with Crippen LogP contribution in [-0.4, -0.2) is 34.4 Å². The highest BCUT2D eigenvalue weighted by Gasteiger charge is 2.39. The Balaban J connectivity index is 2.34. The van der Waals surface area contributed by atoms with Gasteiger partial charge in [0.25, 0.3) is 5.91 Å². The molecule has 1 atom stereocenters. The minimum absolute atomic E-state index is 0.0358. The van der Waals surface area contributed by atoms with Crippen LogP contribution < -0.4 is 5.01 Å². The van der Waals surface area contributed by atoms with Crippen molar-refractivity contribution in [3.8, 4) is 0 Å². The smallest absolute Gasteiger partial charge is 0.352 e. The Morgan fingerprint density at radius 1 is 1.37 bits per heavy atom. The quantitative estimate of drug-likeness (QED) is 0.866. The van der Waals surface area contributed by atoms with Gasteiger partial charge >= 0.3 is 5.97 Å². The van der Waals surface area contributed by atoms with Crippen molar-refractivity contribution < 1.29 is 19.8 Å². The molecule has 1 heterocycles. The van der Waals surface area contributed by atoms with Crippen LogP contribution in [0.5, 0.6) is 0 Å². The van der Waals surface area contributed by atoms with E-state index in [0.29, 0.717) is 10.7 Å². The Bertz CT molecular complexity index is 541. The first-order valence-corrected chi connectivity index (χ1v) is 5.94. The highest BCUT2D eigenvalue weighted by Crippen LogP contribution is 2.26. The van der Waals surface area contributed by atoms with E-state index in [0.717, 1.165) is 5.01 Å². The van der Waals surface area contributed by atoms with E-state index in [4.69, 9.17) is 21.8 Å². The van der Waals surface area contributed by atoms with Gasteiger partial charge in [0.1, 0.15) is 0 Å². The summed E-state index contributed by atoms with van der Waals surface area (Å²) in [7, 11) is 0. The molecule has 2 rings (SSSR count). The van der Waals surface area contributed by atoms with Gasteiger partial charge in [-0.3, -0.25) is 4.79 Å². The third-order valence-electron chi connectivity index (χ3n) is 2.75. The van der Waals surface area contributed by atoms with E-state index >= 15 is 0 Å². The number of aliphatic carboxylic acids is 1. The molecule has 1 aromatic carbocycles. The zero-order valence-electron chi connectivity index (χ0n) is 9.78. The van der Waals surface area contributed by atoms with Gasteiger partial charge in [-0.2, -0.15) is 10.1 Å². The third-order valence-corrected chi connectivity index (χ3v) is 3.00. The highest BCUT2D eigenvalue weighted by molar-refractivity contribution is 6.43. The van der Waals surface area contributed by atoms with Crippen molar-refractivity contribution in [2.45, 2.75) is 6.42 Å². The molecule has 1 aliphatic rings. The van der Waals surface area contributed by atoms with Crippen molar-refractivity contribution in [3.05, 3.63) is 29.3 Å². The number of hydrogen-bond acceptors (Lipinski definition) is 4. The second-order valence-electron chi connectivity index (χ2n) is 3.98. The molecule has 0 aliphatic carbocycles. The normalized spacial score (nSPS) is 18.6. The average Bonchev–Trinajstić information content (AvgIpc) is 2.69. The molecule has 0 saturated carbocycles.